The van der Waals surface area contributed by atoms with Gasteiger partial charge in [0.2, 0.25) is 0 Å². The van der Waals surface area contributed by atoms with Crippen molar-refractivity contribution >= 4 is 17.7 Å². The molecule has 1 rings (SSSR count). The topological polar surface area (TPSA) is 37.3 Å². The second-order valence-corrected chi connectivity index (χ2v) is 7.85. The fourth-order valence-corrected chi connectivity index (χ4v) is 3.25. The van der Waals surface area contributed by atoms with E-state index in [1.165, 1.54) is 28.5 Å². The molecule has 0 fully saturated rings. The summed E-state index contributed by atoms with van der Waals surface area (Å²) in [4.78, 5) is 12.2. The van der Waals surface area contributed by atoms with Crippen LogP contribution in [0.1, 0.15) is 69.3 Å². The third-order valence-corrected chi connectivity index (χ3v) is 5.10. The maximum Gasteiger partial charge on any atom is 0.336 e. The van der Waals surface area contributed by atoms with E-state index in [-0.39, 0.29) is 0 Å². The number of aromatic carboxylic acids is 1. The predicted molar refractivity (Wildman–Crippen MR) is 114 cm³/mol. The van der Waals surface area contributed by atoms with Gasteiger partial charge in [0.1, 0.15) is 0 Å². The number of benzene rings is 1. The van der Waals surface area contributed by atoms with Crippen LogP contribution in [-0.2, 0) is 6.42 Å². The molecule has 0 spiro atoms. The Balaban J connectivity index is 2.55. The van der Waals surface area contributed by atoms with Crippen LogP contribution in [0, 0.1) is 0 Å². The van der Waals surface area contributed by atoms with Crippen LogP contribution in [-0.4, -0.2) is 17.3 Å². The van der Waals surface area contributed by atoms with Crippen molar-refractivity contribution in [2.75, 3.05) is 6.26 Å². The summed E-state index contributed by atoms with van der Waals surface area (Å²) in [5.41, 5.74) is 5.63. The molecule has 142 valence electrons. The zero-order valence-electron chi connectivity index (χ0n) is 16.8. The molecule has 0 saturated carbocycles. The number of thioether (sulfide) groups is 1. The molecule has 0 aliphatic heterocycles. The minimum absolute atomic E-state index is 0.399. The van der Waals surface area contributed by atoms with Crippen LogP contribution in [0.25, 0.3) is 0 Å². The molecular formula is C23H32O2S. The smallest absolute Gasteiger partial charge is 0.336 e. The Bertz CT molecular complexity index is 692. The van der Waals surface area contributed by atoms with E-state index in [1.54, 1.807) is 6.07 Å². The Kier molecular flexibility index (Phi) is 10.1. The van der Waals surface area contributed by atoms with Gasteiger partial charge in [0.15, 0.2) is 0 Å². The number of carboxylic acids is 1. The van der Waals surface area contributed by atoms with E-state index in [0.717, 1.165) is 42.6 Å². The van der Waals surface area contributed by atoms with Crippen LogP contribution in [0.15, 0.2) is 58.0 Å². The lowest BCUT2D eigenvalue weighted by Crippen LogP contribution is -2.00. The first-order valence-corrected chi connectivity index (χ1v) is 10.4. The van der Waals surface area contributed by atoms with E-state index in [1.807, 2.05) is 18.4 Å². The first kappa shape index (κ1) is 22.3. The Labute approximate surface area is 163 Å². The van der Waals surface area contributed by atoms with Gasteiger partial charge in [0.25, 0.3) is 0 Å². The van der Waals surface area contributed by atoms with Crippen LogP contribution < -0.4 is 0 Å². The van der Waals surface area contributed by atoms with E-state index in [4.69, 9.17) is 0 Å². The van der Waals surface area contributed by atoms with Crippen LogP contribution >= 0.6 is 11.8 Å². The quantitative estimate of drug-likeness (QED) is 0.352. The Morgan fingerprint density at radius 3 is 2.19 bits per heavy atom. The molecule has 1 N–H and O–H groups in total. The molecule has 26 heavy (non-hydrogen) atoms. The molecular weight excluding hydrogens is 340 g/mol. The van der Waals surface area contributed by atoms with Crippen molar-refractivity contribution in [3.63, 3.8) is 0 Å². The van der Waals surface area contributed by atoms with Gasteiger partial charge in [0.05, 0.1) is 5.56 Å². The van der Waals surface area contributed by atoms with Crippen molar-refractivity contribution in [3.8, 4) is 0 Å². The summed E-state index contributed by atoms with van der Waals surface area (Å²) in [5, 5.41) is 9.32. The monoisotopic (exact) mass is 372 g/mol. The Morgan fingerprint density at radius 1 is 1.00 bits per heavy atom. The second kappa shape index (κ2) is 11.8. The highest BCUT2D eigenvalue weighted by Gasteiger charge is 2.09. The van der Waals surface area contributed by atoms with Crippen molar-refractivity contribution in [2.24, 2.45) is 0 Å². The average molecular weight is 373 g/mol. The maximum absolute atomic E-state index is 11.3. The van der Waals surface area contributed by atoms with Gasteiger partial charge in [-0.3, -0.25) is 0 Å². The van der Waals surface area contributed by atoms with Gasteiger partial charge in [-0.1, -0.05) is 41.0 Å². The van der Waals surface area contributed by atoms with Crippen molar-refractivity contribution < 1.29 is 9.90 Å². The summed E-state index contributed by atoms with van der Waals surface area (Å²) in [5.74, 6) is -0.856. The SMILES string of the molecule is CSc1ccc(CC=C(C)CCC=C(C)CCC=C(C)C)cc1C(=O)O. The molecule has 0 unspecified atom stereocenters. The molecule has 3 heteroatoms. The number of rotatable bonds is 10. The van der Waals surface area contributed by atoms with E-state index in [9.17, 15) is 9.90 Å². The molecule has 0 bridgehead atoms. The number of hydrogen-bond donors (Lipinski definition) is 1. The zero-order chi connectivity index (χ0) is 19.5. The minimum Gasteiger partial charge on any atom is -0.478 e. The summed E-state index contributed by atoms with van der Waals surface area (Å²) in [6.45, 7) is 8.64. The van der Waals surface area contributed by atoms with Gasteiger partial charge >= 0.3 is 5.97 Å². The summed E-state index contributed by atoms with van der Waals surface area (Å²) >= 11 is 1.47. The zero-order valence-corrected chi connectivity index (χ0v) is 17.6. The third kappa shape index (κ3) is 8.57. The van der Waals surface area contributed by atoms with E-state index in [2.05, 4.69) is 45.9 Å². The molecule has 0 aliphatic carbocycles. The maximum atomic E-state index is 11.3. The largest absolute Gasteiger partial charge is 0.478 e. The first-order chi connectivity index (χ1) is 12.3. The van der Waals surface area contributed by atoms with Gasteiger partial charge in [-0.25, -0.2) is 4.79 Å². The Hall–Kier alpha value is -1.74. The molecule has 2 nitrogen and oxygen atoms in total. The molecule has 0 aliphatic rings. The standard InChI is InChI=1S/C23H32O2S/c1-17(2)8-6-9-18(3)10-7-11-19(4)12-13-20-14-15-22(26-5)21(16-20)23(24)25/h8,10,12,14-16H,6-7,9,11,13H2,1-5H3,(H,24,25). The highest BCUT2D eigenvalue weighted by atomic mass is 32.2. The number of hydrogen-bond acceptors (Lipinski definition) is 2. The first-order valence-electron chi connectivity index (χ1n) is 9.18. The van der Waals surface area contributed by atoms with Crippen LogP contribution in [0.2, 0.25) is 0 Å². The van der Waals surface area contributed by atoms with Crippen molar-refractivity contribution in [1.29, 1.82) is 0 Å². The molecule has 0 aromatic heterocycles. The van der Waals surface area contributed by atoms with Crippen molar-refractivity contribution in [3.05, 3.63) is 64.3 Å². The second-order valence-electron chi connectivity index (χ2n) is 7.00. The fraction of sp³-hybridized carbons (Fsp3) is 0.435. The summed E-state index contributed by atoms with van der Waals surface area (Å²) in [7, 11) is 0. The number of carboxylic acid groups (broad SMARTS) is 1. The van der Waals surface area contributed by atoms with Gasteiger partial charge in [-0.15, -0.1) is 11.8 Å². The normalized spacial score (nSPS) is 12.2. The highest BCUT2D eigenvalue weighted by Crippen LogP contribution is 2.22. The summed E-state index contributed by atoms with van der Waals surface area (Å²) in [6.07, 6.45) is 13.9. The molecule has 0 heterocycles. The van der Waals surface area contributed by atoms with Gasteiger partial charge in [0, 0.05) is 4.90 Å². The van der Waals surface area contributed by atoms with Crippen LogP contribution in [0.4, 0.5) is 0 Å². The van der Waals surface area contributed by atoms with E-state index < -0.39 is 5.97 Å². The van der Waals surface area contributed by atoms with Crippen LogP contribution in [0.3, 0.4) is 0 Å². The summed E-state index contributed by atoms with van der Waals surface area (Å²) in [6, 6.07) is 5.73. The summed E-state index contributed by atoms with van der Waals surface area (Å²) < 4.78 is 0. The fourth-order valence-electron chi connectivity index (χ4n) is 2.68. The van der Waals surface area contributed by atoms with E-state index >= 15 is 0 Å². The molecule has 0 saturated heterocycles. The van der Waals surface area contributed by atoms with Gasteiger partial charge in [-0.05, 0) is 83.8 Å². The molecule has 1 aromatic rings. The molecule has 0 atom stereocenters. The van der Waals surface area contributed by atoms with Gasteiger partial charge < -0.3 is 5.11 Å². The molecule has 0 radical (unpaired) electrons. The third-order valence-electron chi connectivity index (χ3n) is 4.30. The van der Waals surface area contributed by atoms with Crippen molar-refractivity contribution in [2.45, 2.75) is 64.7 Å². The minimum atomic E-state index is -0.856. The number of carbonyl (C=O) groups is 1. The van der Waals surface area contributed by atoms with Crippen LogP contribution in [0.5, 0.6) is 0 Å². The molecule has 0 amide bonds. The molecule has 1 aromatic carbocycles. The van der Waals surface area contributed by atoms with Crippen molar-refractivity contribution in [1.82, 2.24) is 0 Å². The Morgan fingerprint density at radius 2 is 1.62 bits per heavy atom. The van der Waals surface area contributed by atoms with Gasteiger partial charge in [-0.2, -0.15) is 0 Å². The lowest BCUT2D eigenvalue weighted by atomic mass is 10.0. The highest BCUT2D eigenvalue weighted by molar-refractivity contribution is 7.98. The number of allylic oxidation sites excluding steroid dienone is 6. The lowest BCUT2D eigenvalue weighted by Gasteiger charge is -2.06. The predicted octanol–water partition coefficient (Wildman–Crippen LogP) is 7.07. The average Bonchev–Trinajstić information content (AvgIpc) is 2.59. The van der Waals surface area contributed by atoms with E-state index in [0.29, 0.717) is 5.56 Å². The lowest BCUT2D eigenvalue weighted by molar-refractivity contribution is 0.0693.